The number of nitrogens with one attached hydrogen (secondary N) is 1. The highest BCUT2D eigenvalue weighted by molar-refractivity contribution is 4.81. The Labute approximate surface area is 77.2 Å². The van der Waals surface area contributed by atoms with E-state index in [1.165, 1.54) is 12.8 Å². The molecule has 1 nitrogen and oxygen atoms in total. The van der Waals surface area contributed by atoms with Crippen molar-refractivity contribution in [3.05, 3.63) is 12.7 Å². The molecule has 0 saturated carbocycles. The number of hydrogen-bond acceptors (Lipinski definition) is 1. The maximum absolute atomic E-state index is 3.76. The van der Waals surface area contributed by atoms with E-state index in [0.717, 1.165) is 19.5 Å². The third-order valence-corrected chi connectivity index (χ3v) is 2.01. The average Bonchev–Trinajstić information content (AvgIpc) is 1.98. The summed E-state index contributed by atoms with van der Waals surface area (Å²) in [6.45, 7) is 12.8. The predicted octanol–water partition coefficient (Wildman–Crippen LogP) is 2.98. The molecule has 0 aliphatic rings. The zero-order valence-corrected chi connectivity index (χ0v) is 8.82. The molecule has 0 heterocycles. The number of unbranched alkanes of at least 4 members (excludes halogenated alkanes) is 1. The fourth-order valence-electron chi connectivity index (χ4n) is 1.19. The first kappa shape index (κ1) is 11.7. The molecule has 0 rings (SSSR count). The molecule has 0 aliphatic heterocycles. The highest BCUT2D eigenvalue weighted by atomic mass is 14.9. The van der Waals surface area contributed by atoms with Crippen LogP contribution in [0.4, 0.5) is 0 Å². The van der Waals surface area contributed by atoms with Gasteiger partial charge in [-0.1, -0.05) is 33.3 Å². The van der Waals surface area contributed by atoms with Crippen molar-refractivity contribution in [1.29, 1.82) is 0 Å². The molecule has 0 bridgehead atoms. The fourth-order valence-corrected chi connectivity index (χ4v) is 1.19. The Kier molecular flexibility index (Phi) is 6.09. The van der Waals surface area contributed by atoms with E-state index in [1.54, 1.807) is 0 Å². The van der Waals surface area contributed by atoms with Gasteiger partial charge < -0.3 is 5.32 Å². The van der Waals surface area contributed by atoms with Crippen LogP contribution in [0.5, 0.6) is 0 Å². The molecule has 1 N–H and O–H groups in total. The van der Waals surface area contributed by atoms with Gasteiger partial charge in [-0.3, -0.25) is 0 Å². The maximum atomic E-state index is 3.76. The lowest BCUT2D eigenvalue weighted by Gasteiger charge is -2.23. The first-order valence-electron chi connectivity index (χ1n) is 4.94. The van der Waals surface area contributed by atoms with Gasteiger partial charge in [-0.15, -0.1) is 6.58 Å². The zero-order valence-electron chi connectivity index (χ0n) is 8.82. The second-order valence-electron chi connectivity index (χ2n) is 4.19. The van der Waals surface area contributed by atoms with Gasteiger partial charge in [0, 0.05) is 6.54 Å². The predicted molar refractivity (Wildman–Crippen MR) is 56.4 cm³/mol. The Morgan fingerprint density at radius 3 is 2.58 bits per heavy atom. The Hall–Kier alpha value is -0.300. The molecule has 0 fully saturated rings. The van der Waals surface area contributed by atoms with E-state index < -0.39 is 0 Å². The van der Waals surface area contributed by atoms with E-state index in [9.17, 15) is 0 Å². The van der Waals surface area contributed by atoms with Crippen molar-refractivity contribution in [3.63, 3.8) is 0 Å². The summed E-state index contributed by atoms with van der Waals surface area (Å²) in [5.74, 6) is 0. The van der Waals surface area contributed by atoms with Crippen molar-refractivity contribution < 1.29 is 0 Å². The van der Waals surface area contributed by atoms with Crippen molar-refractivity contribution in [2.45, 2.75) is 40.0 Å². The summed E-state index contributed by atoms with van der Waals surface area (Å²) >= 11 is 0. The number of hydrogen-bond donors (Lipinski definition) is 1. The minimum Gasteiger partial charge on any atom is -0.316 e. The first-order valence-corrected chi connectivity index (χ1v) is 4.94. The molecule has 1 heteroatoms. The van der Waals surface area contributed by atoms with Gasteiger partial charge in [-0.25, -0.2) is 0 Å². The van der Waals surface area contributed by atoms with E-state index >= 15 is 0 Å². The van der Waals surface area contributed by atoms with Crippen LogP contribution in [0, 0.1) is 5.41 Å². The van der Waals surface area contributed by atoms with Gasteiger partial charge in [0.25, 0.3) is 0 Å². The SMILES string of the molecule is C=CCC(C)(C)CNCCCC. The summed E-state index contributed by atoms with van der Waals surface area (Å²) in [7, 11) is 0. The van der Waals surface area contributed by atoms with Gasteiger partial charge in [0.2, 0.25) is 0 Å². The number of allylic oxidation sites excluding steroid dienone is 1. The largest absolute Gasteiger partial charge is 0.316 e. The molecule has 0 spiro atoms. The van der Waals surface area contributed by atoms with Crippen LogP contribution in [0.2, 0.25) is 0 Å². The molecule has 0 radical (unpaired) electrons. The average molecular weight is 169 g/mol. The smallest absolute Gasteiger partial charge is 0.000548 e. The quantitative estimate of drug-likeness (QED) is 0.456. The highest BCUT2D eigenvalue weighted by Crippen LogP contribution is 2.18. The molecule has 0 atom stereocenters. The molecule has 0 aliphatic carbocycles. The number of rotatable bonds is 7. The van der Waals surface area contributed by atoms with E-state index in [1.807, 2.05) is 6.08 Å². The molecule has 72 valence electrons. The van der Waals surface area contributed by atoms with Gasteiger partial charge in [-0.05, 0) is 24.8 Å². The van der Waals surface area contributed by atoms with E-state index in [4.69, 9.17) is 0 Å². The van der Waals surface area contributed by atoms with E-state index in [-0.39, 0.29) is 0 Å². The zero-order chi connectivity index (χ0) is 9.45. The van der Waals surface area contributed by atoms with Gasteiger partial charge in [0.05, 0.1) is 0 Å². The van der Waals surface area contributed by atoms with Crippen LogP contribution in [-0.4, -0.2) is 13.1 Å². The second kappa shape index (κ2) is 6.24. The Bertz CT molecular complexity index is 116. The van der Waals surface area contributed by atoms with Crippen LogP contribution in [-0.2, 0) is 0 Å². The molecular formula is C11H23N. The van der Waals surface area contributed by atoms with Crippen LogP contribution in [0.15, 0.2) is 12.7 Å². The topological polar surface area (TPSA) is 12.0 Å². The first-order chi connectivity index (χ1) is 5.62. The summed E-state index contributed by atoms with van der Waals surface area (Å²) in [6, 6.07) is 0. The lowest BCUT2D eigenvalue weighted by Crippen LogP contribution is -2.29. The van der Waals surface area contributed by atoms with Crippen LogP contribution >= 0.6 is 0 Å². The van der Waals surface area contributed by atoms with Crippen molar-refractivity contribution >= 4 is 0 Å². The van der Waals surface area contributed by atoms with Crippen LogP contribution in [0.1, 0.15) is 40.0 Å². The molecular weight excluding hydrogens is 146 g/mol. The Morgan fingerprint density at radius 1 is 1.42 bits per heavy atom. The molecule has 0 saturated heterocycles. The van der Waals surface area contributed by atoms with Crippen molar-refractivity contribution in [2.24, 2.45) is 5.41 Å². The Morgan fingerprint density at radius 2 is 2.08 bits per heavy atom. The summed E-state index contributed by atoms with van der Waals surface area (Å²) in [6.07, 6.45) is 5.65. The van der Waals surface area contributed by atoms with E-state index in [0.29, 0.717) is 5.41 Å². The van der Waals surface area contributed by atoms with Crippen LogP contribution in [0.25, 0.3) is 0 Å². The van der Waals surface area contributed by atoms with Crippen LogP contribution < -0.4 is 5.32 Å². The normalized spacial score (nSPS) is 11.6. The molecule has 0 unspecified atom stereocenters. The van der Waals surface area contributed by atoms with Gasteiger partial charge in [0.1, 0.15) is 0 Å². The van der Waals surface area contributed by atoms with E-state index in [2.05, 4.69) is 32.7 Å². The lowest BCUT2D eigenvalue weighted by atomic mass is 9.89. The summed E-state index contributed by atoms with van der Waals surface area (Å²) in [4.78, 5) is 0. The molecule has 0 aromatic rings. The Balaban J connectivity index is 3.39. The minimum atomic E-state index is 0.371. The second-order valence-corrected chi connectivity index (χ2v) is 4.19. The molecule has 0 aromatic heterocycles. The molecule has 0 aromatic carbocycles. The van der Waals surface area contributed by atoms with Crippen molar-refractivity contribution in [1.82, 2.24) is 5.32 Å². The molecule has 12 heavy (non-hydrogen) atoms. The van der Waals surface area contributed by atoms with Gasteiger partial charge >= 0.3 is 0 Å². The molecule has 0 amide bonds. The summed E-state index contributed by atoms with van der Waals surface area (Å²) < 4.78 is 0. The monoisotopic (exact) mass is 169 g/mol. The van der Waals surface area contributed by atoms with Gasteiger partial charge in [0.15, 0.2) is 0 Å². The maximum Gasteiger partial charge on any atom is 0.000548 e. The third-order valence-electron chi connectivity index (χ3n) is 2.01. The van der Waals surface area contributed by atoms with Gasteiger partial charge in [-0.2, -0.15) is 0 Å². The fraction of sp³-hybridized carbons (Fsp3) is 0.818. The van der Waals surface area contributed by atoms with Crippen LogP contribution in [0.3, 0.4) is 0 Å². The van der Waals surface area contributed by atoms with Crippen molar-refractivity contribution in [3.8, 4) is 0 Å². The lowest BCUT2D eigenvalue weighted by molar-refractivity contribution is 0.344. The summed E-state index contributed by atoms with van der Waals surface area (Å²) in [5, 5.41) is 3.46. The standard InChI is InChI=1S/C11H23N/c1-5-7-9-12-10-11(3,4)8-6-2/h6,12H,2,5,7-10H2,1,3-4H3. The minimum absolute atomic E-state index is 0.371. The van der Waals surface area contributed by atoms with Crippen molar-refractivity contribution in [2.75, 3.05) is 13.1 Å². The third kappa shape index (κ3) is 6.41. The highest BCUT2D eigenvalue weighted by Gasteiger charge is 2.14. The summed E-state index contributed by atoms with van der Waals surface area (Å²) in [5.41, 5.74) is 0.371.